The number of ketones is 2. The number of rotatable bonds is 0. The second-order valence-corrected chi connectivity index (χ2v) is 3.81. The number of fused-ring (bicyclic) bond motifs is 1. The molecule has 0 radical (unpaired) electrons. The molecule has 0 unspecified atom stereocenters. The third kappa shape index (κ3) is 2.31. The summed E-state index contributed by atoms with van der Waals surface area (Å²) in [6.07, 6.45) is 7.23. The fraction of sp³-hybridized carbons (Fsp3) is 0.0667. The highest BCUT2D eigenvalue weighted by molar-refractivity contribution is 6.44. The minimum absolute atomic E-state index is 0.143. The van der Waals surface area contributed by atoms with E-state index in [9.17, 15) is 9.59 Å². The van der Waals surface area contributed by atoms with Crippen LogP contribution in [0.3, 0.4) is 0 Å². The fourth-order valence-corrected chi connectivity index (χ4v) is 1.72. The molecule has 0 spiro atoms. The standard InChI is InChI=1S/C15H12O2/c1-11-7-3-2-4-10-14(16)15(17)13-9-6-5-8-12(11)13/h2-9H,1,10H2/b4-2-,7-3-. The number of allylic oxidation sites excluding steroid dienone is 5. The van der Waals surface area contributed by atoms with Gasteiger partial charge in [-0.3, -0.25) is 9.59 Å². The maximum absolute atomic E-state index is 12.0. The van der Waals surface area contributed by atoms with Crippen molar-refractivity contribution in [3.8, 4) is 0 Å². The lowest BCUT2D eigenvalue weighted by Crippen LogP contribution is -2.15. The molecule has 0 heterocycles. The molecule has 84 valence electrons. The molecule has 2 nitrogen and oxygen atoms in total. The Morgan fingerprint density at radius 2 is 1.71 bits per heavy atom. The third-order valence-electron chi connectivity index (χ3n) is 2.62. The first-order valence-electron chi connectivity index (χ1n) is 5.39. The molecular weight excluding hydrogens is 212 g/mol. The van der Waals surface area contributed by atoms with Gasteiger partial charge in [0.05, 0.1) is 0 Å². The zero-order valence-electron chi connectivity index (χ0n) is 9.35. The zero-order chi connectivity index (χ0) is 12.3. The van der Waals surface area contributed by atoms with Crippen LogP contribution in [0.5, 0.6) is 0 Å². The monoisotopic (exact) mass is 224 g/mol. The molecular formula is C15H12O2. The molecule has 0 aromatic heterocycles. The summed E-state index contributed by atoms with van der Waals surface area (Å²) in [5.41, 5.74) is 1.88. The highest BCUT2D eigenvalue weighted by Gasteiger charge is 2.18. The van der Waals surface area contributed by atoms with Crippen molar-refractivity contribution >= 4 is 17.1 Å². The molecule has 1 aliphatic carbocycles. The molecule has 1 aromatic rings. The van der Waals surface area contributed by atoms with E-state index in [0.29, 0.717) is 5.56 Å². The molecule has 17 heavy (non-hydrogen) atoms. The molecule has 1 aromatic carbocycles. The van der Waals surface area contributed by atoms with E-state index in [2.05, 4.69) is 6.58 Å². The molecule has 0 atom stereocenters. The Labute approximate surface area is 100.0 Å². The number of carbonyl (C=O) groups is 2. The normalized spacial score (nSPS) is 19.6. The maximum Gasteiger partial charge on any atom is 0.229 e. The summed E-state index contributed by atoms with van der Waals surface area (Å²) in [4.78, 5) is 23.6. The van der Waals surface area contributed by atoms with Crippen LogP contribution >= 0.6 is 0 Å². The molecule has 2 rings (SSSR count). The highest BCUT2D eigenvalue weighted by atomic mass is 16.2. The summed E-state index contributed by atoms with van der Waals surface area (Å²) < 4.78 is 0. The molecule has 0 N–H and O–H groups in total. The first-order chi connectivity index (χ1) is 8.20. The quantitative estimate of drug-likeness (QED) is 0.635. The van der Waals surface area contributed by atoms with Gasteiger partial charge >= 0.3 is 0 Å². The molecule has 0 saturated heterocycles. The smallest absolute Gasteiger partial charge is 0.229 e. The second-order valence-electron chi connectivity index (χ2n) is 3.81. The number of benzene rings is 1. The topological polar surface area (TPSA) is 34.1 Å². The van der Waals surface area contributed by atoms with Gasteiger partial charge in [-0.2, -0.15) is 0 Å². The minimum Gasteiger partial charge on any atom is -0.290 e. The van der Waals surface area contributed by atoms with Crippen molar-refractivity contribution in [2.75, 3.05) is 0 Å². The second kappa shape index (κ2) is 4.74. The number of hydrogen-bond acceptors (Lipinski definition) is 2. The van der Waals surface area contributed by atoms with Crippen molar-refractivity contribution in [1.82, 2.24) is 0 Å². The van der Waals surface area contributed by atoms with Crippen LogP contribution in [-0.4, -0.2) is 11.6 Å². The van der Waals surface area contributed by atoms with E-state index < -0.39 is 11.6 Å². The van der Waals surface area contributed by atoms with E-state index >= 15 is 0 Å². The third-order valence-corrected chi connectivity index (χ3v) is 2.62. The van der Waals surface area contributed by atoms with Gasteiger partial charge in [0.15, 0.2) is 0 Å². The van der Waals surface area contributed by atoms with Crippen molar-refractivity contribution < 1.29 is 9.59 Å². The lowest BCUT2D eigenvalue weighted by molar-refractivity contribution is -0.114. The van der Waals surface area contributed by atoms with Crippen LogP contribution in [0.1, 0.15) is 22.3 Å². The van der Waals surface area contributed by atoms with E-state index in [1.165, 1.54) is 0 Å². The van der Waals surface area contributed by atoms with Crippen LogP contribution < -0.4 is 0 Å². The molecule has 1 aliphatic rings. The minimum atomic E-state index is -0.443. The van der Waals surface area contributed by atoms with Gasteiger partial charge < -0.3 is 0 Å². The molecule has 0 amide bonds. The Balaban J connectivity index is 2.58. The van der Waals surface area contributed by atoms with E-state index in [-0.39, 0.29) is 6.42 Å². The molecule has 0 fully saturated rings. The van der Waals surface area contributed by atoms with Gasteiger partial charge in [0.25, 0.3) is 0 Å². The van der Waals surface area contributed by atoms with Crippen molar-refractivity contribution in [1.29, 1.82) is 0 Å². The highest BCUT2D eigenvalue weighted by Crippen LogP contribution is 2.20. The van der Waals surface area contributed by atoms with Gasteiger partial charge in [-0.15, -0.1) is 0 Å². The summed E-state index contributed by atoms with van der Waals surface area (Å²) >= 11 is 0. The van der Waals surface area contributed by atoms with Gasteiger partial charge in [-0.05, 0) is 11.1 Å². The van der Waals surface area contributed by atoms with E-state index in [1.54, 1.807) is 30.4 Å². The number of Topliss-reactive ketones (excluding diaryl/α,β-unsaturated/α-hetero) is 2. The fourth-order valence-electron chi connectivity index (χ4n) is 1.72. The van der Waals surface area contributed by atoms with E-state index in [1.807, 2.05) is 18.2 Å². The van der Waals surface area contributed by atoms with Crippen LogP contribution in [0.15, 0.2) is 55.1 Å². The van der Waals surface area contributed by atoms with Gasteiger partial charge in [0.1, 0.15) is 0 Å². The van der Waals surface area contributed by atoms with Crippen LogP contribution in [0.4, 0.5) is 0 Å². The predicted octanol–water partition coefficient (Wildman–Crippen LogP) is 2.97. The van der Waals surface area contributed by atoms with Crippen molar-refractivity contribution in [2.24, 2.45) is 0 Å². The van der Waals surface area contributed by atoms with Crippen LogP contribution in [0, 0.1) is 0 Å². The van der Waals surface area contributed by atoms with Crippen molar-refractivity contribution in [2.45, 2.75) is 6.42 Å². The van der Waals surface area contributed by atoms with Gasteiger partial charge in [0, 0.05) is 12.0 Å². The summed E-state index contributed by atoms with van der Waals surface area (Å²) in [5, 5.41) is 0. The lowest BCUT2D eigenvalue weighted by Gasteiger charge is -2.08. The molecule has 2 heteroatoms. The molecule has 0 saturated carbocycles. The number of hydrogen-bond donors (Lipinski definition) is 0. The molecule has 0 aliphatic heterocycles. The van der Waals surface area contributed by atoms with Gasteiger partial charge in [-0.25, -0.2) is 0 Å². The average Bonchev–Trinajstić information content (AvgIpc) is 2.36. The summed E-state index contributed by atoms with van der Waals surface area (Å²) in [7, 11) is 0. The van der Waals surface area contributed by atoms with Crippen molar-refractivity contribution in [3.05, 3.63) is 66.3 Å². The summed E-state index contributed by atoms with van der Waals surface area (Å²) in [5.74, 6) is -0.835. The van der Waals surface area contributed by atoms with E-state index in [0.717, 1.165) is 11.1 Å². The Morgan fingerprint density at radius 1 is 1.00 bits per heavy atom. The van der Waals surface area contributed by atoms with Crippen molar-refractivity contribution in [3.63, 3.8) is 0 Å². The Kier molecular flexibility index (Phi) is 3.15. The first kappa shape index (κ1) is 11.3. The lowest BCUT2D eigenvalue weighted by atomic mass is 9.94. The first-order valence-corrected chi connectivity index (χ1v) is 5.39. The maximum atomic E-state index is 12.0. The van der Waals surface area contributed by atoms with Gasteiger partial charge in [-0.1, -0.05) is 55.1 Å². The van der Waals surface area contributed by atoms with E-state index in [4.69, 9.17) is 0 Å². The van der Waals surface area contributed by atoms with Crippen LogP contribution in [-0.2, 0) is 4.79 Å². The van der Waals surface area contributed by atoms with Crippen LogP contribution in [0.25, 0.3) is 5.57 Å². The largest absolute Gasteiger partial charge is 0.290 e. The predicted molar refractivity (Wildman–Crippen MR) is 67.7 cm³/mol. The zero-order valence-corrected chi connectivity index (χ0v) is 9.35. The SMILES string of the molecule is C=C1/C=C\C=C/CC(=O)C(=O)c2ccccc21. The Hall–Kier alpha value is -2.22. The molecule has 0 bridgehead atoms. The summed E-state index contributed by atoms with van der Waals surface area (Å²) in [6.45, 7) is 3.90. The average molecular weight is 224 g/mol. The van der Waals surface area contributed by atoms with Gasteiger partial charge in [0.2, 0.25) is 11.6 Å². The Morgan fingerprint density at radius 3 is 2.47 bits per heavy atom. The summed E-state index contributed by atoms with van der Waals surface area (Å²) in [6, 6.07) is 7.05. The Bertz CT molecular complexity index is 548. The number of carbonyl (C=O) groups excluding carboxylic acids is 2. The van der Waals surface area contributed by atoms with Crippen LogP contribution in [0.2, 0.25) is 0 Å².